The van der Waals surface area contributed by atoms with Crippen LogP contribution in [0.2, 0.25) is 5.02 Å². The molecule has 0 radical (unpaired) electrons. The van der Waals surface area contributed by atoms with Crippen molar-refractivity contribution in [3.63, 3.8) is 0 Å². The highest BCUT2D eigenvalue weighted by molar-refractivity contribution is 6.30. The van der Waals surface area contributed by atoms with Gasteiger partial charge in [-0.3, -0.25) is 9.59 Å². The first kappa shape index (κ1) is 18.5. The summed E-state index contributed by atoms with van der Waals surface area (Å²) in [6.07, 6.45) is 3.29. The van der Waals surface area contributed by atoms with E-state index in [1.807, 2.05) is 12.1 Å². The molecule has 1 fully saturated rings. The Morgan fingerprint density at radius 3 is 2.54 bits per heavy atom. The maximum Gasteiger partial charge on any atom is 0.287 e. The Hall–Kier alpha value is -2.31. The zero-order valence-corrected chi connectivity index (χ0v) is 15.2. The van der Waals surface area contributed by atoms with Crippen molar-refractivity contribution < 1.29 is 18.9 Å². The largest absolute Gasteiger partial charge is 0.459 e. The molecule has 0 spiro atoms. The molecule has 2 amide bonds. The number of halogens is 1. The summed E-state index contributed by atoms with van der Waals surface area (Å²) in [4.78, 5) is 25.3. The minimum Gasteiger partial charge on any atom is -0.459 e. The van der Waals surface area contributed by atoms with Crippen LogP contribution in [0.3, 0.4) is 0 Å². The van der Waals surface area contributed by atoms with Crippen LogP contribution in [0.4, 0.5) is 0 Å². The lowest BCUT2D eigenvalue weighted by molar-refractivity contribution is -0.918. The number of hydrogen-bond acceptors (Lipinski definition) is 3. The predicted octanol–water partition coefficient (Wildman–Crippen LogP) is 1.03. The first-order valence-corrected chi connectivity index (χ1v) is 9.17. The van der Waals surface area contributed by atoms with Crippen LogP contribution < -0.4 is 15.5 Å². The third-order valence-corrected chi connectivity index (χ3v) is 4.83. The number of hydrogen-bond donors (Lipinski definition) is 3. The van der Waals surface area contributed by atoms with Crippen LogP contribution in [0.1, 0.15) is 29.0 Å². The molecule has 138 valence electrons. The third kappa shape index (κ3) is 5.34. The van der Waals surface area contributed by atoms with Crippen molar-refractivity contribution in [2.45, 2.75) is 25.4 Å². The van der Waals surface area contributed by atoms with Crippen LogP contribution in [-0.4, -0.2) is 37.5 Å². The predicted molar refractivity (Wildman–Crippen MR) is 98.1 cm³/mol. The molecule has 0 unspecified atom stereocenters. The second-order valence-electron chi connectivity index (χ2n) is 6.56. The van der Waals surface area contributed by atoms with E-state index >= 15 is 0 Å². The van der Waals surface area contributed by atoms with Gasteiger partial charge in [-0.05, 0) is 24.3 Å². The fourth-order valence-corrected chi connectivity index (χ4v) is 3.30. The summed E-state index contributed by atoms with van der Waals surface area (Å²) in [5.74, 6) is -0.347. The van der Waals surface area contributed by atoms with E-state index in [4.69, 9.17) is 16.0 Å². The Kier molecular flexibility index (Phi) is 6.30. The number of furan rings is 1. The minimum absolute atomic E-state index is 0.0443. The molecule has 0 saturated carbocycles. The first-order chi connectivity index (χ1) is 12.6. The summed E-state index contributed by atoms with van der Waals surface area (Å²) in [5.41, 5.74) is 1.27. The van der Waals surface area contributed by atoms with Gasteiger partial charge in [0.1, 0.15) is 6.54 Å². The number of amides is 2. The van der Waals surface area contributed by atoms with Crippen molar-refractivity contribution in [3.05, 3.63) is 59.0 Å². The second kappa shape index (κ2) is 8.87. The number of likely N-dealkylation sites (tertiary alicyclic amines) is 1. The lowest BCUT2D eigenvalue weighted by atomic mass is 10.0. The van der Waals surface area contributed by atoms with Crippen molar-refractivity contribution in [1.82, 2.24) is 10.6 Å². The number of piperidine rings is 1. The molecule has 1 aromatic carbocycles. The van der Waals surface area contributed by atoms with Crippen LogP contribution in [0.25, 0.3) is 0 Å². The SMILES string of the molecule is O=C(CNC(=O)c1ccco1)NC1CC[NH+](Cc2ccc(Cl)cc2)CC1. The Bertz CT molecular complexity index is 723. The molecular formula is C19H23ClN3O3+. The van der Waals surface area contributed by atoms with Gasteiger partial charge in [-0.1, -0.05) is 23.7 Å². The summed E-state index contributed by atoms with van der Waals surface area (Å²) in [6, 6.07) is 11.3. The second-order valence-corrected chi connectivity index (χ2v) is 6.99. The van der Waals surface area contributed by atoms with E-state index in [1.165, 1.54) is 16.7 Å². The standard InChI is InChI=1S/C19H22ClN3O3/c20-15-5-3-14(4-6-15)13-23-9-7-16(8-10-23)22-18(24)12-21-19(25)17-2-1-11-26-17/h1-6,11,16H,7-10,12-13H2,(H,21,25)(H,22,24)/p+1. The average molecular weight is 377 g/mol. The zero-order chi connectivity index (χ0) is 18.4. The number of carbonyl (C=O) groups excluding carboxylic acids is 2. The molecule has 3 rings (SSSR count). The molecule has 1 aliphatic rings. The first-order valence-electron chi connectivity index (χ1n) is 8.79. The van der Waals surface area contributed by atoms with Gasteiger partial charge in [-0.25, -0.2) is 0 Å². The molecule has 1 aromatic heterocycles. The van der Waals surface area contributed by atoms with Crippen molar-refractivity contribution in [2.75, 3.05) is 19.6 Å². The summed E-state index contributed by atoms with van der Waals surface area (Å²) < 4.78 is 4.99. The lowest BCUT2D eigenvalue weighted by Crippen LogP contribution is -3.12. The number of carbonyl (C=O) groups is 2. The van der Waals surface area contributed by atoms with E-state index < -0.39 is 0 Å². The van der Waals surface area contributed by atoms with E-state index in [0.29, 0.717) is 0 Å². The maximum atomic E-state index is 12.0. The molecule has 3 N–H and O–H groups in total. The lowest BCUT2D eigenvalue weighted by Gasteiger charge is -2.29. The highest BCUT2D eigenvalue weighted by atomic mass is 35.5. The van der Waals surface area contributed by atoms with Gasteiger partial charge in [0.05, 0.1) is 25.9 Å². The van der Waals surface area contributed by atoms with Crippen LogP contribution >= 0.6 is 11.6 Å². The Morgan fingerprint density at radius 2 is 1.88 bits per heavy atom. The van der Waals surface area contributed by atoms with Gasteiger partial charge >= 0.3 is 0 Å². The van der Waals surface area contributed by atoms with Crippen molar-refractivity contribution in [1.29, 1.82) is 0 Å². The van der Waals surface area contributed by atoms with Crippen LogP contribution in [-0.2, 0) is 11.3 Å². The highest BCUT2D eigenvalue weighted by Crippen LogP contribution is 2.09. The molecule has 2 heterocycles. The van der Waals surface area contributed by atoms with E-state index in [9.17, 15) is 9.59 Å². The Labute approximate surface area is 157 Å². The molecule has 0 atom stereocenters. The average Bonchev–Trinajstić information content (AvgIpc) is 3.18. The molecule has 2 aromatic rings. The topological polar surface area (TPSA) is 75.8 Å². The van der Waals surface area contributed by atoms with Crippen LogP contribution in [0, 0.1) is 0 Å². The maximum absolute atomic E-state index is 12.0. The van der Waals surface area contributed by atoms with E-state index in [2.05, 4.69) is 22.8 Å². The highest BCUT2D eigenvalue weighted by Gasteiger charge is 2.23. The molecular weight excluding hydrogens is 354 g/mol. The van der Waals surface area contributed by atoms with Crippen molar-refractivity contribution in [2.24, 2.45) is 0 Å². The molecule has 26 heavy (non-hydrogen) atoms. The fourth-order valence-electron chi connectivity index (χ4n) is 3.17. The van der Waals surface area contributed by atoms with Gasteiger partial charge in [0, 0.05) is 29.5 Å². The Morgan fingerprint density at radius 1 is 1.15 bits per heavy atom. The molecule has 0 aliphatic carbocycles. The quantitative estimate of drug-likeness (QED) is 0.704. The number of benzene rings is 1. The third-order valence-electron chi connectivity index (χ3n) is 4.58. The minimum atomic E-state index is -0.382. The van der Waals surface area contributed by atoms with E-state index in [-0.39, 0.29) is 30.2 Å². The van der Waals surface area contributed by atoms with Crippen LogP contribution in [0.15, 0.2) is 47.1 Å². The van der Waals surface area contributed by atoms with Gasteiger partial charge in [0.15, 0.2) is 5.76 Å². The van der Waals surface area contributed by atoms with Crippen LogP contribution in [0.5, 0.6) is 0 Å². The van der Waals surface area contributed by atoms with Gasteiger partial charge in [0.25, 0.3) is 5.91 Å². The number of nitrogens with one attached hydrogen (secondary N) is 3. The molecule has 1 saturated heterocycles. The summed E-state index contributed by atoms with van der Waals surface area (Å²) in [5, 5.41) is 6.31. The number of rotatable bonds is 6. The molecule has 1 aliphatic heterocycles. The monoisotopic (exact) mass is 376 g/mol. The summed E-state index contributed by atoms with van der Waals surface area (Å²) in [7, 11) is 0. The van der Waals surface area contributed by atoms with Crippen molar-refractivity contribution in [3.8, 4) is 0 Å². The zero-order valence-electron chi connectivity index (χ0n) is 14.5. The van der Waals surface area contributed by atoms with Crippen molar-refractivity contribution >= 4 is 23.4 Å². The summed E-state index contributed by atoms with van der Waals surface area (Å²) in [6.45, 7) is 2.94. The molecule has 7 heteroatoms. The Balaban J connectivity index is 1.36. The van der Waals surface area contributed by atoms with Gasteiger partial charge in [-0.15, -0.1) is 0 Å². The molecule has 0 bridgehead atoms. The van der Waals surface area contributed by atoms with Gasteiger partial charge in [0.2, 0.25) is 5.91 Å². The van der Waals surface area contributed by atoms with Gasteiger partial charge < -0.3 is 20.0 Å². The van der Waals surface area contributed by atoms with E-state index in [1.54, 1.807) is 12.1 Å². The fraction of sp³-hybridized carbons (Fsp3) is 0.368. The van der Waals surface area contributed by atoms with Gasteiger partial charge in [-0.2, -0.15) is 0 Å². The smallest absolute Gasteiger partial charge is 0.287 e. The molecule has 6 nitrogen and oxygen atoms in total. The number of quaternary nitrogens is 1. The van der Waals surface area contributed by atoms with E-state index in [0.717, 1.165) is 37.5 Å². The normalized spacial score (nSPS) is 19.7. The summed E-state index contributed by atoms with van der Waals surface area (Å²) >= 11 is 5.92.